The molecule has 1 heterocycles. The third-order valence-corrected chi connectivity index (χ3v) is 3.68. The van der Waals surface area contributed by atoms with Crippen molar-refractivity contribution in [3.63, 3.8) is 0 Å². The summed E-state index contributed by atoms with van der Waals surface area (Å²) in [6.45, 7) is 0. The zero-order valence-corrected chi connectivity index (χ0v) is 12.2. The van der Waals surface area contributed by atoms with Gasteiger partial charge in [-0.1, -0.05) is 24.3 Å². The van der Waals surface area contributed by atoms with Crippen LogP contribution in [0.1, 0.15) is 28.4 Å². The van der Waals surface area contributed by atoms with Gasteiger partial charge in [0.2, 0.25) is 0 Å². The Labute approximate surface area is 125 Å². The molecule has 1 aliphatic rings. The molecule has 2 aromatic rings. The highest BCUT2D eigenvalue weighted by Gasteiger charge is 2.27. The standard InChI is InChI=1S/C15H11IO3/c16-19-11-7-5-10(6-8-11)15-9-13(17)12-3-1-2-4-14(12)18-15/h1-8,15H,9H2. The lowest BCUT2D eigenvalue weighted by atomic mass is 9.96. The first kappa shape index (κ1) is 12.5. The minimum absolute atomic E-state index is 0.126. The van der Waals surface area contributed by atoms with E-state index in [4.69, 9.17) is 7.80 Å². The molecular weight excluding hydrogens is 355 g/mol. The van der Waals surface area contributed by atoms with E-state index < -0.39 is 0 Å². The Hall–Kier alpha value is -1.56. The van der Waals surface area contributed by atoms with Crippen LogP contribution in [0, 0.1) is 0 Å². The molecule has 1 unspecified atom stereocenters. The molecule has 1 aliphatic heterocycles. The van der Waals surface area contributed by atoms with Crippen molar-refractivity contribution in [2.24, 2.45) is 0 Å². The number of hydrogen-bond donors (Lipinski definition) is 0. The fourth-order valence-corrected chi connectivity index (χ4v) is 2.49. The van der Waals surface area contributed by atoms with Crippen molar-refractivity contribution in [3.8, 4) is 11.5 Å². The number of ketones is 1. The summed E-state index contributed by atoms with van der Waals surface area (Å²) in [5, 5.41) is 0. The second-order valence-corrected chi connectivity index (χ2v) is 4.82. The van der Waals surface area contributed by atoms with Gasteiger partial charge in [-0.15, -0.1) is 0 Å². The van der Waals surface area contributed by atoms with Crippen LogP contribution in [0.4, 0.5) is 0 Å². The summed E-state index contributed by atoms with van der Waals surface area (Å²) in [7, 11) is 0. The molecule has 0 aromatic heterocycles. The number of para-hydroxylation sites is 1. The number of fused-ring (bicyclic) bond motifs is 1. The number of hydrogen-bond acceptors (Lipinski definition) is 3. The summed E-state index contributed by atoms with van der Waals surface area (Å²) in [4.78, 5) is 12.1. The SMILES string of the molecule is O=C1CC(c2ccc(OI)cc2)Oc2ccccc21. The van der Waals surface area contributed by atoms with Gasteiger partial charge >= 0.3 is 0 Å². The molecular formula is C15H11IO3. The van der Waals surface area contributed by atoms with Gasteiger partial charge in [0, 0.05) is 0 Å². The molecule has 0 saturated heterocycles. The van der Waals surface area contributed by atoms with Crippen molar-refractivity contribution in [1.29, 1.82) is 0 Å². The third kappa shape index (κ3) is 2.45. The molecule has 1 atom stereocenters. The minimum atomic E-state index is -0.217. The molecule has 3 rings (SSSR count). The highest BCUT2D eigenvalue weighted by molar-refractivity contribution is 14.1. The summed E-state index contributed by atoms with van der Waals surface area (Å²) in [5.74, 6) is 1.57. The monoisotopic (exact) mass is 366 g/mol. The van der Waals surface area contributed by atoms with E-state index in [9.17, 15) is 4.79 Å². The van der Waals surface area contributed by atoms with E-state index in [1.165, 1.54) is 0 Å². The maximum atomic E-state index is 12.1. The van der Waals surface area contributed by atoms with Crippen molar-refractivity contribution in [1.82, 2.24) is 0 Å². The largest absolute Gasteiger partial charge is 0.484 e. The first-order chi connectivity index (χ1) is 9.28. The number of Topliss-reactive ketones (excluding diaryl/α,β-unsaturated/α-hetero) is 1. The number of rotatable bonds is 2. The van der Waals surface area contributed by atoms with Crippen LogP contribution in [0.5, 0.6) is 11.5 Å². The fourth-order valence-electron chi connectivity index (χ4n) is 2.19. The molecule has 3 nitrogen and oxygen atoms in total. The Morgan fingerprint density at radius 3 is 2.58 bits per heavy atom. The Kier molecular flexibility index (Phi) is 3.42. The highest BCUT2D eigenvalue weighted by atomic mass is 127. The zero-order chi connectivity index (χ0) is 13.2. The van der Waals surface area contributed by atoms with Gasteiger partial charge < -0.3 is 7.80 Å². The minimum Gasteiger partial charge on any atom is -0.484 e. The molecule has 96 valence electrons. The van der Waals surface area contributed by atoms with Crippen LogP contribution in [0.3, 0.4) is 0 Å². The van der Waals surface area contributed by atoms with Gasteiger partial charge in [-0.05, 0) is 29.8 Å². The predicted molar refractivity (Wildman–Crippen MR) is 79.8 cm³/mol. The number of carbonyl (C=O) groups is 1. The second kappa shape index (κ2) is 5.21. The summed E-state index contributed by atoms with van der Waals surface area (Å²) < 4.78 is 11.0. The van der Waals surface area contributed by atoms with Gasteiger partial charge in [0.05, 0.1) is 12.0 Å². The molecule has 0 aliphatic carbocycles. The summed E-state index contributed by atoms with van der Waals surface area (Å²) >= 11 is 1.84. The Morgan fingerprint density at radius 2 is 1.84 bits per heavy atom. The van der Waals surface area contributed by atoms with E-state index in [0.29, 0.717) is 17.7 Å². The van der Waals surface area contributed by atoms with Crippen LogP contribution in [-0.2, 0) is 0 Å². The van der Waals surface area contributed by atoms with E-state index in [0.717, 1.165) is 11.3 Å². The molecule has 0 saturated carbocycles. The number of halogens is 1. The van der Waals surface area contributed by atoms with Crippen LogP contribution in [-0.4, -0.2) is 5.78 Å². The Bertz CT molecular complexity index is 607. The normalized spacial score (nSPS) is 17.5. The molecule has 2 aromatic carbocycles. The van der Waals surface area contributed by atoms with Crippen molar-refractivity contribution < 1.29 is 12.6 Å². The van der Waals surface area contributed by atoms with Crippen molar-refractivity contribution >= 4 is 28.8 Å². The van der Waals surface area contributed by atoms with Gasteiger partial charge in [0.1, 0.15) is 17.6 Å². The predicted octanol–water partition coefficient (Wildman–Crippen LogP) is 4.12. The van der Waals surface area contributed by atoms with E-state index in [1.54, 1.807) is 6.07 Å². The van der Waals surface area contributed by atoms with Gasteiger partial charge in [-0.25, -0.2) is 0 Å². The quantitative estimate of drug-likeness (QED) is 0.750. The van der Waals surface area contributed by atoms with Crippen LogP contribution in [0.25, 0.3) is 0 Å². The average Bonchev–Trinajstić information content (AvgIpc) is 2.47. The fraction of sp³-hybridized carbons (Fsp3) is 0.133. The van der Waals surface area contributed by atoms with E-state index in [1.807, 2.05) is 65.5 Å². The van der Waals surface area contributed by atoms with Gasteiger partial charge in [0.15, 0.2) is 28.8 Å². The maximum absolute atomic E-state index is 12.1. The summed E-state index contributed by atoms with van der Waals surface area (Å²) in [5.41, 5.74) is 1.66. The van der Waals surface area contributed by atoms with Crippen molar-refractivity contribution in [2.45, 2.75) is 12.5 Å². The zero-order valence-electron chi connectivity index (χ0n) is 10.0. The molecule has 4 heteroatoms. The van der Waals surface area contributed by atoms with Crippen LogP contribution in [0.15, 0.2) is 48.5 Å². The average molecular weight is 366 g/mol. The van der Waals surface area contributed by atoms with Crippen LogP contribution < -0.4 is 7.80 Å². The highest BCUT2D eigenvalue weighted by Crippen LogP contribution is 2.35. The van der Waals surface area contributed by atoms with Crippen LogP contribution in [0.2, 0.25) is 0 Å². The lowest BCUT2D eigenvalue weighted by Gasteiger charge is -2.25. The van der Waals surface area contributed by atoms with Gasteiger partial charge in [-0.2, -0.15) is 0 Å². The molecule has 0 radical (unpaired) electrons. The first-order valence-corrected chi connectivity index (χ1v) is 6.83. The first-order valence-electron chi connectivity index (χ1n) is 5.95. The maximum Gasteiger partial charge on any atom is 0.192 e. The molecule has 0 spiro atoms. The smallest absolute Gasteiger partial charge is 0.192 e. The molecule has 0 amide bonds. The molecule has 0 N–H and O–H groups in total. The van der Waals surface area contributed by atoms with Gasteiger partial charge in [0.25, 0.3) is 0 Å². The van der Waals surface area contributed by atoms with Crippen LogP contribution >= 0.6 is 23.0 Å². The molecule has 0 fully saturated rings. The number of carbonyl (C=O) groups excluding carboxylic acids is 1. The number of benzene rings is 2. The van der Waals surface area contributed by atoms with Crippen molar-refractivity contribution in [2.75, 3.05) is 0 Å². The summed E-state index contributed by atoms with van der Waals surface area (Å²) in [6, 6.07) is 15.0. The summed E-state index contributed by atoms with van der Waals surface area (Å²) in [6.07, 6.45) is 0.159. The Balaban J connectivity index is 1.90. The lowest BCUT2D eigenvalue weighted by molar-refractivity contribution is 0.0850. The second-order valence-electron chi connectivity index (χ2n) is 4.38. The Morgan fingerprint density at radius 1 is 1.11 bits per heavy atom. The number of ether oxygens (including phenoxy) is 1. The van der Waals surface area contributed by atoms with E-state index in [-0.39, 0.29) is 11.9 Å². The van der Waals surface area contributed by atoms with E-state index in [2.05, 4.69) is 0 Å². The topological polar surface area (TPSA) is 35.5 Å². The molecule has 19 heavy (non-hydrogen) atoms. The van der Waals surface area contributed by atoms with Gasteiger partial charge in [-0.3, -0.25) is 4.79 Å². The van der Waals surface area contributed by atoms with E-state index >= 15 is 0 Å². The third-order valence-electron chi connectivity index (χ3n) is 3.17. The lowest BCUT2D eigenvalue weighted by Crippen LogP contribution is -2.20. The molecule has 0 bridgehead atoms. The van der Waals surface area contributed by atoms with Crippen molar-refractivity contribution in [3.05, 3.63) is 59.7 Å².